The van der Waals surface area contributed by atoms with Gasteiger partial charge in [-0.1, -0.05) is 0 Å². The summed E-state index contributed by atoms with van der Waals surface area (Å²) in [5, 5.41) is 8.90. The average Bonchev–Trinajstić information content (AvgIpc) is 2.50. The number of nitrogens with zero attached hydrogens (tertiary/aromatic N) is 1. The maximum absolute atomic E-state index is 11.2. The number of hydrogen-bond donors (Lipinski definition) is 2. The molecule has 0 aliphatic rings. The Morgan fingerprint density at radius 1 is 1.67 bits per heavy atom. The first-order chi connectivity index (χ1) is 6.88. The van der Waals surface area contributed by atoms with Crippen molar-refractivity contribution in [3.05, 3.63) is 18.0 Å². The summed E-state index contributed by atoms with van der Waals surface area (Å²) in [5.74, 6) is -0.999. The Labute approximate surface area is 88.0 Å². The zero-order valence-electron chi connectivity index (χ0n) is 8.52. The van der Waals surface area contributed by atoms with E-state index in [-0.39, 0.29) is 6.04 Å². The van der Waals surface area contributed by atoms with Crippen molar-refractivity contribution < 1.29 is 13.2 Å². The van der Waals surface area contributed by atoms with E-state index < -0.39 is 21.5 Å². The smallest absolute Gasteiger partial charge is 0.235 e. The molecule has 0 saturated heterocycles. The molecule has 6 nitrogen and oxygen atoms in total. The standard InChI is InChI=1S/C8H13N3O3S/c1-6(7-3-9-10-4-7)11-8(12)5-15(2,13)14/h3-4,6H,5H2,1-2H3,(H,9,10)(H,11,12). The lowest BCUT2D eigenvalue weighted by Crippen LogP contribution is -2.31. The van der Waals surface area contributed by atoms with Crippen molar-refractivity contribution in [1.29, 1.82) is 0 Å². The molecule has 1 unspecified atom stereocenters. The molecule has 15 heavy (non-hydrogen) atoms. The number of carbonyl (C=O) groups is 1. The maximum atomic E-state index is 11.2. The van der Waals surface area contributed by atoms with Gasteiger partial charge in [-0.15, -0.1) is 0 Å². The van der Waals surface area contributed by atoms with Crippen LogP contribution >= 0.6 is 0 Å². The number of nitrogens with one attached hydrogen (secondary N) is 2. The van der Waals surface area contributed by atoms with Crippen molar-refractivity contribution in [3.8, 4) is 0 Å². The molecule has 0 aliphatic carbocycles. The van der Waals surface area contributed by atoms with Gasteiger partial charge in [0.2, 0.25) is 5.91 Å². The predicted molar refractivity (Wildman–Crippen MR) is 54.9 cm³/mol. The molecular weight excluding hydrogens is 218 g/mol. The molecule has 0 bridgehead atoms. The maximum Gasteiger partial charge on any atom is 0.235 e. The van der Waals surface area contributed by atoms with Crippen molar-refractivity contribution in [2.75, 3.05) is 12.0 Å². The number of rotatable bonds is 4. The molecule has 0 aromatic carbocycles. The molecule has 1 amide bonds. The number of aromatic amines is 1. The van der Waals surface area contributed by atoms with Gasteiger partial charge in [0.15, 0.2) is 9.84 Å². The zero-order valence-corrected chi connectivity index (χ0v) is 9.34. The van der Waals surface area contributed by atoms with Gasteiger partial charge >= 0.3 is 0 Å². The Hall–Kier alpha value is -1.37. The third kappa shape index (κ3) is 4.11. The normalized spacial score (nSPS) is 13.5. The van der Waals surface area contributed by atoms with E-state index in [1.165, 1.54) is 0 Å². The molecule has 0 fully saturated rings. The lowest BCUT2D eigenvalue weighted by molar-refractivity contribution is -0.119. The van der Waals surface area contributed by atoms with E-state index >= 15 is 0 Å². The Morgan fingerprint density at radius 2 is 2.33 bits per heavy atom. The summed E-state index contributed by atoms with van der Waals surface area (Å²) in [5.41, 5.74) is 0.803. The Morgan fingerprint density at radius 3 is 2.80 bits per heavy atom. The minimum atomic E-state index is -3.27. The van der Waals surface area contributed by atoms with E-state index in [0.29, 0.717) is 0 Å². The van der Waals surface area contributed by atoms with Crippen LogP contribution in [0.15, 0.2) is 12.4 Å². The minimum absolute atomic E-state index is 0.252. The molecule has 0 spiro atoms. The molecule has 1 rings (SSSR count). The van der Waals surface area contributed by atoms with Crippen LogP contribution in [0, 0.1) is 0 Å². The molecule has 1 atom stereocenters. The number of carbonyl (C=O) groups excluding carboxylic acids is 1. The van der Waals surface area contributed by atoms with Gasteiger partial charge in [-0.3, -0.25) is 9.89 Å². The number of H-pyrrole nitrogens is 1. The summed E-state index contributed by atoms with van der Waals surface area (Å²) in [6.45, 7) is 1.75. The van der Waals surface area contributed by atoms with Gasteiger partial charge in [-0.05, 0) is 6.92 Å². The van der Waals surface area contributed by atoms with Gasteiger partial charge in [0.1, 0.15) is 5.75 Å². The van der Waals surface area contributed by atoms with Gasteiger partial charge in [-0.25, -0.2) is 8.42 Å². The van der Waals surface area contributed by atoms with Crippen LogP contribution in [-0.2, 0) is 14.6 Å². The topological polar surface area (TPSA) is 91.9 Å². The molecule has 0 aliphatic heterocycles. The van der Waals surface area contributed by atoms with Crippen LogP contribution in [0.5, 0.6) is 0 Å². The average molecular weight is 231 g/mol. The van der Waals surface area contributed by atoms with E-state index in [1.807, 2.05) is 0 Å². The fourth-order valence-corrected chi connectivity index (χ4v) is 1.66. The Kier molecular flexibility index (Phi) is 3.46. The first-order valence-corrected chi connectivity index (χ1v) is 6.40. The van der Waals surface area contributed by atoms with Gasteiger partial charge < -0.3 is 5.32 Å². The lowest BCUT2D eigenvalue weighted by atomic mass is 10.2. The van der Waals surface area contributed by atoms with Crippen LogP contribution < -0.4 is 5.32 Å². The SMILES string of the molecule is CC(NC(=O)CS(C)(=O)=O)c1cn[nH]c1. The van der Waals surface area contributed by atoms with Crippen LogP contribution in [0.25, 0.3) is 0 Å². The zero-order chi connectivity index (χ0) is 11.5. The summed E-state index contributed by atoms with van der Waals surface area (Å²) < 4.78 is 21.7. The lowest BCUT2D eigenvalue weighted by Gasteiger charge is -2.10. The number of aromatic nitrogens is 2. The van der Waals surface area contributed by atoms with Crippen molar-refractivity contribution >= 4 is 15.7 Å². The number of sulfone groups is 1. The van der Waals surface area contributed by atoms with E-state index in [1.54, 1.807) is 19.3 Å². The molecule has 0 radical (unpaired) electrons. The van der Waals surface area contributed by atoms with Gasteiger partial charge in [0, 0.05) is 18.0 Å². The number of amides is 1. The first-order valence-electron chi connectivity index (χ1n) is 4.34. The third-order valence-corrected chi connectivity index (χ3v) is 2.58. The van der Waals surface area contributed by atoms with Crippen molar-refractivity contribution in [1.82, 2.24) is 15.5 Å². The summed E-state index contributed by atoms with van der Waals surface area (Å²) in [6, 6.07) is -0.252. The van der Waals surface area contributed by atoms with Crippen LogP contribution in [-0.4, -0.2) is 36.5 Å². The molecule has 0 saturated carbocycles. The van der Waals surface area contributed by atoms with E-state index in [2.05, 4.69) is 15.5 Å². The van der Waals surface area contributed by atoms with Crippen LogP contribution in [0.3, 0.4) is 0 Å². The molecule has 1 heterocycles. The number of hydrogen-bond acceptors (Lipinski definition) is 4. The van der Waals surface area contributed by atoms with Crippen molar-refractivity contribution in [3.63, 3.8) is 0 Å². The fraction of sp³-hybridized carbons (Fsp3) is 0.500. The Bertz CT molecular complexity index is 424. The monoisotopic (exact) mass is 231 g/mol. The van der Waals surface area contributed by atoms with Crippen LogP contribution in [0.4, 0.5) is 0 Å². The van der Waals surface area contributed by atoms with Gasteiger partial charge in [0.05, 0.1) is 12.2 Å². The molecule has 2 N–H and O–H groups in total. The molecule has 7 heteroatoms. The van der Waals surface area contributed by atoms with E-state index in [9.17, 15) is 13.2 Å². The quantitative estimate of drug-likeness (QED) is 0.739. The van der Waals surface area contributed by atoms with Crippen molar-refractivity contribution in [2.45, 2.75) is 13.0 Å². The molecular formula is C8H13N3O3S. The summed E-state index contributed by atoms with van der Waals surface area (Å²) in [7, 11) is -3.27. The van der Waals surface area contributed by atoms with E-state index in [4.69, 9.17) is 0 Å². The highest BCUT2D eigenvalue weighted by Gasteiger charge is 2.14. The fourth-order valence-electron chi connectivity index (χ4n) is 1.10. The van der Waals surface area contributed by atoms with E-state index in [0.717, 1.165) is 11.8 Å². The summed E-state index contributed by atoms with van der Waals surface area (Å²) in [6.07, 6.45) is 4.24. The predicted octanol–water partition coefficient (Wildman–Crippen LogP) is -0.368. The highest BCUT2D eigenvalue weighted by Crippen LogP contribution is 2.08. The Balaban J connectivity index is 2.53. The molecule has 1 aromatic rings. The van der Waals surface area contributed by atoms with Crippen LogP contribution in [0.1, 0.15) is 18.5 Å². The molecule has 84 valence electrons. The summed E-state index contributed by atoms with van der Waals surface area (Å²) >= 11 is 0. The van der Waals surface area contributed by atoms with Crippen molar-refractivity contribution in [2.24, 2.45) is 0 Å². The second-order valence-corrected chi connectivity index (χ2v) is 5.53. The highest BCUT2D eigenvalue weighted by molar-refractivity contribution is 7.91. The minimum Gasteiger partial charge on any atom is -0.349 e. The van der Waals surface area contributed by atoms with Gasteiger partial charge in [0.25, 0.3) is 0 Å². The molecule has 1 aromatic heterocycles. The van der Waals surface area contributed by atoms with Gasteiger partial charge in [-0.2, -0.15) is 5.10 Å². The summed E-state index contributed by atoms with van der Waals surface area (Å²) in [4.78, 5) is 11.2. The third-order valence-electron chi connectivity index (χ3n) is 1.79. The highest BCUT2D eigenvalue weighted by atomic mass is 32.2. The first kappa shape index (κ1) is 11.7. The second-order valence-electron chi connectivity index (χ2n) is 3.39. The van der Waals surface area contributed by atoms with Crippen LogP contribution in [0.2, 0.25) is 0 Å². The largest absolute Gasteiger partial charge is 0.349 e. The second kappa shape index (κ2) is 4.43.